The summed E-state index contributed by atoms with van der Waals surface area (Å²) < 4.78 is 13.3. The van der Waals surface area contributed by atoms with Crippen LogP contribution in [0, 0.1) is 0 Å². The Morgan fingerprint density at radius 2 is 1.59 bits per heavy atom. The van der Waals surface area contributed by atoms with E-state index in [4.69, 9.17) is 21.1 Å². The van der Waals surface area contributed by atoms with Crippen LogP contribution >= 0.6 is 11.6 Å². The Hall–Kier alpha value is -3.18. The summed E-state index contributed by atoms with van der Waals surface area (Å²) in [5, 5.41) is 12.0. The summed E-state index contributed by atoms with van der Waals surface area (Å²) in [6, 6.07) is 20.9. The van der Waals surface area contributed by atoms with Crippen LogP contribution in [0.15, 0.2) is 66.7 Å². The number of carbonyl (C=O) groups is 1. The molecule has 0 saturated carbocycles. The molecule has 5 nitrogen and oxygen atoms in total. The molecule has 0 unspecified atom stereocenters. The molecule has 0 saturated heterocycles. The van der Waals surface area contributed by atoms with Gasteiger partial charge in [-0.05, 0) is 36.4 Å². The maximum Gasteiger partial charge on any atom is 0.323 e. The second kappa shape index (κ2) is 8.45. The predicted octanol–water partition coefficient (Wildman–Crippen LogP) is 5.38. The van der Waals surface area contributed by atoms with E-state index in [1.165, 1.54) is 0 Å². The zero-order valence-corrected chi connectivity index (χ0v) is 16.4. The van der Waals surface area contributed by atoms with E-state index in [2.05, 4.69) is 0 Å². The van der Waals surface area contributed by atoms with Gasteiger partial charge in [0.05, 0.1) is 18.7 Å². The van der Waals surface area contributed by atoms with Gasteiger partial charge in [-0.25, -0.2) is 0 Å². The number of benzene rings is 3. The number of hydrogen-bond acceptors (Lipinski definition) is 3. The summed E-state index contributed by atoms with van der Waals surface area (Å²) in [5.74, 6) is 0.559. The molecule has 0 amide bonds. The lowest BCUT2D eigenvalue weighted by molar-refractivity contribution is -0.137. The molecule has 4 rings (SSSR count). The van der Waals surface area contributed by atoms with E-state index in [-0.39, 0.29) is 6.54 Å². The molecule has 3 aromatic carbocycles. The first-order valence-corrected chi connectivity index (χ1v) is 9.73. The van der Waals surface area contributed by atoms with Gasteiger partial charge in [-0.15, -0.1) is 0 Å². The Morgan fingerprint density at radius 1 is 0.862 bits per heavy atom. The van der Waals surface area contributed by atoms with Crippen LogP contribution < -0.4 is 9.47 Å². The Kier molecular flexibility index (Phi) is 5.58. The molecular weight excluding hydrogens is 390 g/mol. The lowest BCUT2D eigenvalue weighted by atomic mass is 10.1. The number of carboxylic acids is 1. The number of rotatable bonds is 8. The average molecular weight is 410 g/mol. The van der Waals surface area contributed by atoms with E-state index in [0.29, 0.717) is 30.4 Å². The van der Waals surface area contributed by atoms with Crippen molar-refractivity contribution in [3.8, 4) is 11.5 Å². The minimum absolute atomic E-state index is 0.0963. The normalized spacial score (nSPS) is 11.1. The molecular formula is C23H20ClNO4. The molecule has 0 aliphatic heterocycles. The number of ether oxygens (including phenoxy) is 2. The fraction of sp³-hybridized carbons (Fsp3) is 0.174. The van der Waals surface area contributed by atoms with Gasteiger partial charge < -0.3 is 19.1 Å². The molecule has 4 aromatic rings. The average Bonchev–Trinajstić information content (AvgIpc) is 3.01. The van der Waals surface area contributed by atoms with Crippen molar-refractivity contribution >= 4 is 39.4 Å². The molecule has 148 valence electrons. The zero-order valence-electron chi connectivity index (χ0n) is 15.7. The van der Waals surface area contributed by atoms with Crippen LogP contribution in [0.25, 0.3) is 21.8 Å². The number of halogens is 1. The molecule has 0 radical (unpaired) electrons. The monoisotopic (exact) mass is 409 g/mol. The Morgan fingerprint density at radius 3 is 2.34 bits per heavy atom. The standard InChI is InChI=1S/C23H20ClNO4/c24-16-5-3-6-17(13-16)28-11-4-12-29-18-9-10-20-19-7-1-2-8-21(19)25(15-23(26)27)22(20)14-18/h1-3,5-10,13-14H,4,11-12,15H2,(H,26,27). The van der Waals surface area contributed by atoms with Crippen molar-refractivity contribution < 1.29 is 19.4 Å². The summed E-state index contributed by atoms with van der Waals surface area (Å²) in [6.07, 6.45) is 0.711. The maximum atomic E-state index is 11.3. The highest BCUT2D eigenvalue weighted by molar-refractivity contribution is 6.30. The molecule has 29 heavy (non-hydrogen) atoms. The van der Waals surface area contributed by atoms with Crippen LogP contribution in [0.4, 0.5) is 0 Å². The van der Waals surface area contributed by atoms with E-state index in [1.54, 1.807) is 12.1 Å². The lowest BCUT2D eigenvalue weighted by Crippen LogP contribution is -2.08. The van der Waals surface area contributed by atoms with Crippen molar-refractivity contribution in [3.05, 3.63) is 71.8 Å². The van der Waals surface area contributed by atoms with Crippen LogP contribution in [-0.4, -0.2) is 28.9 Å². The van der Waals surface area contributed by atoms with Gasteiger partial charge in [0.1, 0.15) is 18.0 Å². The fourth-order valence-electron chi connectivity index (χ4n) is 3.42. The number of hydrogen-bond donors (Lipinski definition) is 1. The molecule has 0 atom stereocenters. The first-order valence-electron chi connectivity index (χ1n) is 9.36. The van der Waals surface area contributed by atoms with Crippen molar-refractivity contribution in [1.82, 2.24) is 4.57 Å². The van der Waals surface area contributed by atoms with Gasteiger partial charge in [0.2, 0.25) is 0 Å². The number of fused-ring (bicyclic) bond motifs is 3. The summed E-state index contributed by atoms with van der Waals surface area (Å²) in [6.45, 7) is 0.911. The Balaban J connectivity index is 1.45. The van der Waals surface area contributed by atoms with Gasteiger partial charge >= 0.3 is 5.97 Å². The van der Waals surface area contributed by atoms with Crippen molar-refractivity contribution in [2.75, 3.05) is 13.2 Å². The molecule has 1 heterocycles. The van der Waals surface area contributed by atoms with E-state index >= 15 is 0 Å². The summed E-state index contributed by atoms with van der Waals surface area (Å²) in [5.41, 5.74) is 1.75. The van der Waals surface area contributed by atoms with E-state index < -0.39 is 5.97 Å². The Bertz CT molecular complexity index is 1170. The number of aliphatic carboxylic acids is 1. The third-order valence-electron chi connectivity index (χ3n) is 4.66. The quantitative estimate of drug-likeness (QED) is 0.397. The van der Waals surface area contributed by atoms with Gasteiger partial charge in [-0.1, -0.05) is 35.9 Å². The largest absolute Gasteiger partial charge is 0.493 e. The highest BCUT2D eigenvalue weighted by Gasteiger charge is 2.13. The van der Waals surface area contributed by atoms with Crippen molar-refractivity contribution in [2.45, 2.75) is 13.0 Å². The van der Waals surface area contributed by atoms with Gasteiger partial charge in [-0.2, -0.15) is 0 Å². The third-order valence-corrected chi connectivity index (χ3v) is 4.90. The number of para-hydroxylation sites is 1. The van der Waals surface area contributed by atoms with Gasteiger partial charge in [0, 0.05) is 33.8 Å². The smallest absolute Gasteiger partial charge is 0.323 e. The molecule has 1 aromatic heterocycles. The minimum Gasteiger partial charge on any atom is -0.493 e. The van der Waals surface area contributed by atoms with Crippen LogP contribution in [0.1, 0.15) is 6.42 Å². The van der Waals surface area contributed by atoms with Crippen molar-refractivity contribution in [2.24, 2.45) is 0 Å². The van der Waals surface area contributed by atoms with Crippen LogP contribution in [0.3, 0.4) is 0 Å². The second-order valence-corrected chi connectivity index (χ2v) is 7.12. The lowest BCUT2D eigenvalue weighted by Gasteiger charge is -2.09. The van der Waals surface area contributed by atoms with Crippen LogP contribution in [-0.2, 0) is 11.3 Å². The molecule has 6 heteroatoms. The molecule has 0 bridgehead atoms. The topological polar surface area (TPSA) is 60.7 Å². The maximum absolute atomic E-state index is 11.3. The van der Waals surface area contributed by atoms with Crippen molar-refractivity contribution in [3.63, 3.8) is 0 Å². The number of nitrogens with zero attached hydrogens (tertiary/aromatic N) is 1. The van der Waals surface area contributed by atoms with Crippen LogP contribution in [0.5, 0.6) is 11.5 Å². The summed E-state index contributed by atoms with van der Waals surface area (Å²) in [7, 11) is 0. The van der Waals surface area contributed by atoms with E-state index in [1.807, 2.05) is 59.2 Å². The zero-order chi connectivity index (χ0) is 20.2. The van der Waals surface area contributed by atoms with Gasteiger partial charge in [0.15, 0.2) is 0 Å². The fourth-order valence-corrected chi connectivity index (χ4v) is 3.60. The number of aromatic nitrogens is 1. The first kappa shape index (κ1) is 19.2. The van der Waals surface area contributed by atoms with Gasteiger partial charge in [0.25, 0.3) is 0 Å². The van der Waals surface area contributed by atoms with E-state index in [9.17, 15) is 9.90 Å². The minimum atomic E-state index is -0.878. The van der Waals surface area contributed by atoms with Crippen LogP contribution in [0.2, 0.25) is 5.02 Å². The SMILES string of the molecule is O=C(O)Cn1c2ccccc2c2ccc(OCCCOc3cccc(Cl)c3)cc21. The third kappa shape index (κ3) is 4.30. The number of carboxylic acid groups (broad SMARTS) is 1. The Labute approximate surface area is 173 Å². The highest BCUT2D eigenvalue weighted by Crippen LogP contribution is 2.31. The van der Waals surface area contributed by atoms with Crippen molar-refractivity contribution in [1.29, 1.82) is 0 Å². The summed E-state index contributed by atoms with van der Waals surface area (Å²) in [4.78, 5) is 11.3. The molecule has 0 aliphatic carbocycles. The molecule has 0 spiro atoms. The highest BCUT2D eigenvalue weighted by atomic mass is 35.5. The first-order chi connectivity index (χ1) is 14.1. The predicted molar refractivity (Wildman–Crippen MR) is 114 cm³/mol. The molecule has 0 fully saturated rings. The molecule has 1 N–H and O–H groups in total. The summed E-state index contributed by atoms with van der Waals surface area (Å²) >= 11 is 5.94. The molecule has 0 aliphatic rings. The second-order valence-electron chi connectivity index (χ2n) is 6.68. The van der Waals surface area contributed by atoms with E-state index in [0.717, 1.165) is 27.6 Å². The van der Waals surface area contributed by atoms with Gasteiger partial charge in [-0.3, -0.25) is 4.79 Å².